The first kappa shape index (κ1) is 17.7. The second kappa shape index (κ2) is 6.82. The Morgan fingerprint density at radius 1 is 1.19 bits per heavy atom. The number of rotatable bonds is 2. The number of hydrogen-bond acceptors (Lipinski definition) is 5. The van der Waals surface area contributed by atoms with Crippen molar-refractivity contribution >= 4 is 29.4 Å². The zero-order valence-corrected chi connectivity index (χ0v) is 15.8. The number of aryl methyl sites for hydroxylation is 1. The Hall–Kier alpha value is -1.66. The van der Waals surface area contributed by atoms with Gasteiger partial charge in [0.2, 0.25) is 0 Å². The number of likely N-dealkylation sites (tertiary alicyclic amines) is 1. The molecule has 2 aromatic heterocycles. The van der Waals surface area contributed by atoms with Gasteiger partial charge >= 0.3 is 0 Å². The Kier molecular flexibility index (Phi) is 4.65. The van der Waals surface area contributed by atoms with E-state index in [4.69, 9.17) is 4.52 Å². The highest BCUT2D eigenvalue weighted by Crippen LogP contribution is 2.40. The SMILES string of the molecule is Cc1noc2nc(C3CC3)cc(C(=O)N3CC[C@@H]4CNC[C@@H]4CC3)c12.Cl. The largest absolute Gasteiger partial charge is 0.339 e. The molecule has 0 radical (unpaired) electrons. The lowest BCUT2D eigenvalue weighted by Gasteiger charge is -2.21. The lowest BCUT2D eigenvalue weighted by Crippen LogP contribution is -2.33. The average molecular weight is 377 g/mol. The molecule has 140 valence electrons. The van der Waals surface area contributed by atoms with Gasteiger partial charge in [-0.25, -0.2) is 4.98 Å². The standard InChI is InChI=1S/C19H24N4O2.ClH/c1-11-17-15(8-16(12-2-3-12)21-18(17)25-22-11)19(24)23-6-4-13-9-20-10-14(13)5-7-23;/h8,12-14,20H,2-7,9-10H2,1H3;1H/t13-,14+;. The van der Waals surface area contributed by atoms with E-state index in [1.54, 1.807) is 0 Å². The summed E-state index contributed by atoms with van der Waals surface area (Å²) < 4.78 is 5.39. The number of pyridine rings is 1. The van der Waals surface area contributed by atoms with E-state index in [2.05, 4.69) is 15.5 Å². The lowest BCUT2D eigenvalue weighted by molar-refractivity contribution is 0.0760. The van der Waals surface area contributed by atoms with Crippen LogP contribution < -0.4 is 5.32 Å². The minimum Gasteiger partial charge on any atom is -0.339 e. The molecule has 4 heterocycles. The van der Waals surface area contributed by atoms with Crippen molar-refractivity contribution < 1.29 is 9.32 Å². The number of amides is 1. The molecular weight excluding hydrogens is 352 g/mol. The van der Waals surface area contributed by atoms with Gasteiger partial charge in [0.05, 0.1) is 16.6 Å². The normalized spacial score (nSPS) is 25.7. The fraction of sp³-hybridized carbons (Fsp3) is 0.632. The van der Waals surface area contributed by atoms with Crippen LogP contribution >= 0.6 is 12.4 Å². The number of fused-ring (bicyclic) bond motifs is 2. The van der Waals surface area contributed by atoms with Crippen LogP contribution in [0.4, 0.5) is 0 Å². The minimum atomic E-state index is 0. The van der Waals surface area contributed by atoms with Crippen LogP contribution in [-0.4, -0.2) is 47.1 Å². The Labute approximate surface area is 159 Å². The topological polar surface area (TPSA) is 71.3 Å². The smallest absolute Gasteiger partial charge is 0.259 e. The van der Waals surface area contributed by atoms with Crippen LogP contribution in [0.25, 0.3) is 11.1 Å². The van der Waals surface area contributed by atoms with Crippen LogP contribution in [0.3, 0.4) is 0 Å². The molecule has 1 aliphatic carbocycles. The van der Waals surface area contributed by atoms with Gasteiger partial charge in [0.15, 0.2) is 0 Å². The van der Waals surface area contributed by atoms with E-state index in [1.807, 2.05) is 17.9 Å². The number of nitrogens with zero attached hydrogens (tertiary/aromatic N) is 3. The van der Waals surface area contributed by atoms with Crippen molar-refractivity contribution in [2.45, 2.75) is 38.5 Å². The minimum absolute atomic E-state index is 0. The van der Waals surface area contributed by atoms with Crippen LogP contribution in [0.1, 0.15) is 53.3 Å². The predicted molar refractivity (Wildman–Crippen MR) is 101 cm³/mol. The van der Waals surface area contributed by atoms with Crippen molar-refractivity contribution in [1.82, 2.24) is 20.4 Å². The molecule has 7 heteroatoms. The van der Waals surface area contributed by atoms with Crippen molar-refractivity contribution in [3.63, 3.8) is 0 Å². The van der Waals surface area contributed by atoms with Crippen LogP contribution in [-0.2, 0) is 0 Å². The first-order valence-electron chi connectivity index (χ1n) is 9.47. The van der Waals surface area contributed by atoms with Crippen LogP contribution in [0, 0.1) is 18.8 Å². The number of carbonyl (C=O) groups excluding carboxylic acids is 1. The molecule has 3 aliphatic rings. The number of carbonyl (C=O) groups is 1. The van der Waals surface area contributed by atoms with E-state index >= 15 is 0 Å². The van der Waals surface area contributed by atoms with Crippen molar-refractivity contribution in [1.29, 1.82) is 0 Å². The third-order valence-electron chi connectivity index (χ3n) is 6.17. The van der Waals surface area contributed by atoms with Crippen LogP contribution in [0.5, 0.6) is 0 Å². The fourth-order valence-corrected chi connectivity index (χ4v) is 4.46. The summed E-state index contributed by atoms with van der Waals surface area (Å²) in [4.78, 5) is 20.0. The maximum absolute atomic E-state index is 13.3. The highest BCUT2D eigenvalue weighted by atomic mass is 35.5. The molecule has 0 aromatic carbocycles. The van der Waals surface area contributed by atoms with E-state index in [0.717, 1.165) is 86.0 Å². The molecular formula is C19H25ClN4O2. The molecule has 1 saturated carbocycles. The summed E-state index contributed by atoms with van der Waals surface area (Å²) in [7, 11) is 0. The molecule has 6 nitrogen and oxygen atoms in total. The summed E-state index contributed by atoms with van der Waals surface area (Å²) in [6.45, 7) is 5.77. The van der Waals surface area contributed by atoms with E-state index in [9.17, 15) is 4.79 Å². The highest BCUT2D eigenvalue weighted by Gasteiger charge is 2.33. The molecule has 3 fully saturated rings. The van der Waals surface area contributed by atoms with E-state index < -0.39 is 0 Å². The number of nitrogens with one attached hydrogen (secondary N) is 1. The summed E-state index contributed by atoms with van der Waals surface area (Å²) in [5.41, 5.74) is 2.99. The van der Waals surface area contributed by atoms with Gasteiger partial charge in [-0.15, -0.1) is 12.4 Å². The van der Waals surface area contributed by atoms with Gasteiger partial charge in [-0.05, 0) is 63.6 Å². The van der Waals surface area contributed by atoms with E-state index in [1.165, 1.54) is 0 Å². The zero-order chi connectivity index (χ0) is 17.0. The summed E-state index contributed by atoms with van der Waals surface area (Å²) in [6, 6.07) is 2.00. The predicted octanol–water partition coefficient (Wildman–Crippen LogP) is 2.90. The number of halogens is 1. The first-order valence-corrected chi connectivity index (χ1v) is 9.47. The van der Waals surface area contributed by atoms with Crippen molar-refractivity contribution in [3.8, 4) is 0 Å². The van der Waals surface area contributed by atoms with Gasteiger partial charge in [-0.2, -0.15) is 0 Å². The first-order chi connectivity index (χ1) is 12.2. The summed E-state index contributed by atoms with van der Waals surface area (Å²) >= 11 is 0. The molecule has 2 atom stereocenters. The molecule has 0 spiro atoms. The van der Waals surface area contributed by atoms with Gasteiger partial charge in [-0.1, -0.05) is 5.16 Å². The van der Waals surface area contributed by atoms with Crippen molar-refractivity contribution in [3.05, 3.63) is 23.0 Å². The second-order valence-electron chi connectivity index (χ2n) is 7.87. The average Bonchev–Trinajstić information content (AvgIpc) is 3.33. The van der Waals surface area contributed by atoms with Gasteiger partial charge in [0, 0.05) is 24.7 Å². The highest BCUT2D eigenvalue weighted by molar-refractivity contribution is 6.06. The lowest BCUT2D eigenvalue weighted by atomic mass is 9.92. The Bertz CT molecular complexity index is 818. The Morgan fingerprint density at radius 3 is 2.54 bits per heavy atom. The van der Waals surface area contributed by atoms with Gasteiger partial charge in [-0.3, -0.25) is 4.79 Å². The molecule has 1 N–H and O–H groups in total. The second-order valence-corrected chi connectivity index (χ2v) is 7.87. The monoisotopic (exact) mass is 376 g/mol. The Morgan fingerprint density at radius 2 is 1.88 bits per heavy atom. The summed E-state index contributed by atoms with van der Waals surface area (Å²) in [5, 5.41) is 8.34. The van der Waals surface area contributed by atoms with E-state index in [-0.39, 0.29) is 18.3 Å². The van der Waals surface area contributed by atoms with E-state index in [0.29, 0.717) is 11.6 Å². The van der Waals surface area contributed by atoms with Gasteiger partial charge in [0.1, 0.15) is 0 Å². The molecule has 2 aliphatic heterocycles. The quantitative estimate of drug-likeness (QED) is 0.872. The molecule has 1 amide bonds. The third-order valence-corrected chi connectivity index (χ3v) is 6.17. The molecule has 2 saturated heterocycles. The van der Waals surface area contributed by atoms with Crippen molar-refractivity contribution in [2.24, 2.45) is 11.8 Å². The summed E-state index contributed by atoms with van der Waals surface area (Å²) in [6.07, 6.45) is 4.49. The third kappa shape index (κ3) is 2.99. The van der Waals surface area contributed by atoms with Gasteiger partial charge in [0.25, 0.3) is 11.6 Å². The molecule has 0 bridgehead atoms. The molecule has 2 aromatic rings. The van der Waals surface area contributed by atoms with Gasteiger partial charge < -0.3 is 14.7 Å². The number of aromatic nitrogens is 2. The number of hydrogen-bond donors (Lipinski definition) is 1. The fourth-order valence-electron chi connectivity index (χ4n) is 4.46. The maximum Gasteiger partial charge on any atom is 0.259 e. The Balaban J connectivity index is 0.00000168. The molecule has 5 rings (SSSR count). The van der Waals surface area contributed by atoms with Crippen LogP contribution in [0.15, 0.2) is 10.6 Å². The molecule has 26 heavy (non-hydrogen) atoms. The summed E-state index contributed by atoms with van der Waals surface area (Å²) in [5.74, 6) is 2.04. The zero-order valence-electron chi connectivity index (χ0n) is 15.0. The van der Waals surface area contributed by atoms with Crippen LogP contribution in [0.2, 0.25) is 0 Å². The molecule has 0 unspecified atom stereocenters. The van der Waals surface area contributed by atoms with Crippen molar-refractivity contribution in [2.75, 3.05) is 26.2 Å². The maximum atomic E-state index is 13.3.